The molecule has 0 aromatic heterocycles. The highest BCUT2D eigenvalue weighted by molar-refractivity contribution is 8.18. The number of ether oxygens (including phenoxy) is 2. The van der Waals surface area contributed by atoms with E-state index in [1.165, 1.54) is 18.9 Å². The second-order valence-corrected chi connectivity index (χ2v) is 6.88. The van der Waals surface area contributed by atoms with E-state index in [0.717, 1.165) is 0 Å². The van der Waals surface area contributed by atoms with Crippen molar-refractivity contribution < 1.29 is 19.4 Å². The van der Waals surface area contributed by atoms with Crippen molar-refractivity contribution in [2.75, 3.05) is 20.2 Å². The zero-order valence-corrected chi connectivity index (χ0v) is 14.7. The van der Waals surface area contributed by atoms with Crippen LogP contribution in [0.3, 0.4) is 0 Å². The molecule has 0 bridgehead atoms. The standard InChI is InChI=1S/C17H20N2O4S/c1-10-8-19(9-11(2)23-10)17-18-16(21)14(24-17)7-12-5-4-6-13(22-3)15(12)20/h4-7,10-11,20H,8-9H2,1-3H3/b14-7-/t10-,11-/m0/s1. The molecule has 2 heterocycles. The molecule has 2 atom stereocenters. The highest BCUT2D eigenvalue weighted by atomic mass is 32.2. The number of methoxy groups -OCH3 is 1. The van der Waals surface area contributed by atoms with E-state index in [4.69, 9.17) is 9.47 Å². The maximum atomic E-state index is 12.2. The van der Waals surface area contributed by atoms with E-state index in [2.05, 4.69) is 9.89 Å². The molecule has 2 aliphatic rings. The van der Waals surface area contributed by atoms with Gasteiger partial charge < -0.3 is 19.5 Å². The number of morpholine rings is 1. The van der Waals surface area contributed by atoms with Crippen molar-refractivity contribution >= 4 is 28.9 Å². The number of aromatic hydroxyl groups is 1. The minimum atomic E-state index is -0.288. The van der Waals surface area contributed by atoms with Gasteiger partial charge in [0.25, 0.3) is 5.91 Å². The number of thioether (sulfide) groups is 1. The summed E-state index contributed by atoms with van der Waals surface area (Å²) in [7, 11) is 1.49. The normalized spacial score (nSPS) is 26.0. The Hall–Kier alpha value is -1.99. The van der Waals surface area contributed by atoms with Gasteiger partial charge in [-0.2, -0.15) is 4.99 Å². The molecule has 0 saturated carbocycles. The minimum absolute atomic E-state index is 0.0166. The third kappa shape index (κ3) is 3.42. The number of carbonyl (C=O) groups is 1. The summed E-state index contributed by atoms with van der Waals surface area (Å²) in [6.07, 6.45) is 1.85. The molecule has 24 heavy (non-hydrogen) atoms. The Labute approximate surface area is 145 Å². The molecule has 1 N–H and O–H groups in total. The zero-order valence-electron chi connectivity index (χ0n) is 13.9. The summed E-state index contributed by atoms with van der Waals surface area (Å²) in [5.41, 5.74) is 0.533. The molecule has 3 rings (SSSR count). The zero-order chi connectivity index (χ0) is 17.3. The van der Waals surface area contributed by atoms with Gasteiger partial charge in [-0.25, -0.2) is 0 Å². The molecule has 2 aliphatic heterocycles. The number of nitrogens with zero attached hydrogens (tertiary/aromatic N) is 2. The Kier molecular flexibility index (Phi) is 4.82. The van der Waals surface area contributed by atoms with Crippen LogP contribution in [0.1, 0.15) is 19.4 Å². The van der Waals surface area contributed by atoms with Gasteiger partial charge in [-0.3, -0.25) is 4.79 Å². The fourth-order valence-electron chi connectivity index (χ4n) is 2.83. The maximum absolute atomic E-state index is 12.2. The summed E-state index contributed by atoms with van der Waals surface area (Å²) >= 11 is 1.33. The summed E-state index contributed by atoms with van der Waals surface area (Å²) in [5, 5.41) is 10.9. The summed E-state index contributed by atoms with van der Waals surface area (Å²) in [4.78, 5) is 18.9. The van der Waals surface area contributed by atoms with Crippen LogP contribution >= 0.6 is 11.8 Å². The molecule has 1 saturated heterocycles. The number of hydrogen-bond acceptors (Lipinski definition) is 6. The molecule has 0 radical (unpaired) electrons. The predicted octanol–water partition coefficient (Wildman–Crippen LogP) is 2.48. The molecule has 128 valence electrons. The third-order valence-corrected chi connectivity index (χ3v) is 4.88. The van der Waals surface area contributed by atoms with Crippen molar-refractivity contribution in [1.82, 2.24) is 4.90 Å². The smallest absolute Gasteiger partial charge is 0.286 e. The topological polar surface area (TPSA) is 71.4 Å². The summed E-state index contributed by atoms with van der Waals surface area (Å²) in [6.45, 7) is 5.44. The van der Waals surface area contributed by atoms with Crippen LogP contribution in [0.5, 0.6) is 11.5 Å². The van der Waals surface area contributed by atoms with Gasteiger partial charge in [0, 0.05) is 18.7 Å². The van der Waals surface area contributed by atoms with Gasteiger partial charge in [0.2, 0.25) is 0 Å². The van der Waals surface area contributed by atoms with Gasteiger partial charge in [0.1, 0.15) is 0 Å². The monoisotopic (exact) mass is 348 g/mol. The van der Waals surface area contributed by atoms with Crippen LogP contribution in [-0.4, -0.2) is 53.5 Å². The lowest BCUT2D eigenvalue weighted by molar-refractivity contribution is -0.113. The van der Waals surface area contributed by atoms with Gasteiger partial charge in [0.15, 0.2) is 16.7 Å². The molecule has 1 fully saturated rings. The van der Waals surface area contributed by atoms with Crippen molar-refractivity contribution in [2.24, 2.45) is 4.99 Å². The van der Waals surface area contributed by atoms with Gasteiger partial charge >= 0.3 is 0 Å². The van der Waals surface area contributed by atoms with E-state index >= 15 is 0 Å². The first kappa shape index (κ1) is 16.9. The molecule has 1 aromatic carbocycles. The fraction of sp³-hybridized carbons (Fsp3) is 0.412. The molecule has 0 spiro atoms. The van der Waals surface area contributed by atoms with E-state index in [0.29, 0.717) is 34.5 Å². The SMILES string of the molecule is COc1cccc(/C=C2\SC(N3C[C@H](C)O[C@@H](C)C3)=NC2=O)c1O. The quantitative estimate of drug-likeness (QED) is 0.828. The minimum Gasteiger partial charge on any atom is -0.504 e. The van der Waals surface area contributed by atoms with Crippen LogP contribution in [0.4, 0.5) is 0 Å². The van der Waals surface area contributed by atoms with Gasteiger partial charge in [-0.1, -0.05) is 12.1 Å². The first-order valence-electron chi connectivity index (χ1n) is 7.77. The number of amides is 1. The van der Waals surface area contributed by atoms with Crippen molar-refractivity contribution in [1.29, 1.82) is 0 Å². The van der Waals surface area contributed by atoms with E-state index in [9.17, 15) is 9.90 Å². The van der Waals surface area contributed by atoms with Crippen LogP contribution in [0.15, 0.2) is 28.1 Å². The van der Waals surface area contributed by atoms with Crippen molar-refractivity contribution in [3.8, 4) is 11.5 Å². The predicted molar refractivity (Wildman–Crippen MR) is 94.3 cm³/mol. The first-order chi connectivity index (χ1) is 11.5. The van der Waals surface area contributed by atoms with Crippen molar-refractivity contribution in [3.05, 3.63) is 28.7 Å². The number of phenols is 1. The third-order valence-electron chi connectivity index (χ3n) is 3.84. The number of aliphatic imine (C=N–C) groups is 1. The van der Waals surface area contributed by atoms with Gasteiger partial charge in [0.05, 0.1) is 24.2 Å². The molecular formula is C17H20N2O4S. The Morgan fingerprint density at radius 1 is 1.38 bits per heavy atom. The first-order valence-corrected chi connectivity index (χ1v) is 8.58. The average molecular weight is 348 g/mol. The van der Waals surface area contributed by atoms with E-state index < -0.39 is 0 Å². The Morgan fingerprint density at radius 3 is 2.75 bits per heavy atom. The van der Waals surface area contributed by atoms with Gasteiger partial charge in [-0.05, 0) is 37.8 Å². The molecule has 1 amide bonds. The lowest BCUT2D eigenvalue weighted by Crippen LogP contribution is -2.47. The van der Waals surface area contributed by atoms with Crippen molar-refractivity contribution in [3.63, 3.8) is 0 Å². The molecule has 0 unspecified atom stereocenters. The lowest BCUT2D eigenvalue weighted by atomic mass is 10.1. The summed E-state index contributed by atoms with van der Waals surface area (Å²) in [5.74, 6) is 0.101. The molecule has 6 nitrogen and oxygen atoms in total. The Balaban J connectivity index is 1.80. The van der Waals surface area contributed by atoms with Crippen LogP contribution in [0.2, 0.25) is 0 Å². The maximum Gasteiger partial charge on any atom is 0.286 e. The molecular weight excluding hydrogens is 328 g/mol. The number of benzene rings is 1. The van der Waals surface area contributed by atoms with Crippen LogP contribution < -0.4 is 4.74 Å². The molecule has 0 aliphatic carbocycles. The van der Waals surface area contributed by atoms with Gasteiger partial charge in [-0.15, -0.1) is 0 Å². The molecule has 1 aromatic rings. The second-order valence-electron chi connectivity index (χ2n) is 5.87. The van der Waals surface area contributed by atoms with Crippen molar-refractivity contribution in [2.45, 2.75) is 26.1 Å². The number of carbonyl (C=O) groups excluding carboxylic acids is 1. The Morgan fingerprint density at radius 2 is 2.08 bits per heavy atom. The highest BCUT2D eigenvalue weighted by Gasteiger charge is 2.31. The van der Waals surface area contributed by atoms with Crippen LogP contribution in [0, 0.1) is 0 Å². The van der Waals surface area contributed by atoms with E-state index in [-0.39, 0.29) is 23.9 Å². The number of rotatable bonds is 2. The Bertz CT molecular complexity index is 707. The average Bonchev–Trinajstić information content (AvgIpc) is 2.89. The highest BCUT2D eigenvalue weighted by Crippen LogP contribution is 2.36. The van der Waals surface area contributed by atoms with Crippen LogP contribution in [0.25, 0.3) is 6.08 Å². The van der Waals surface area contributed by atoms with E-state index in [1.54, 1.807) is 24.3 Å². The molecule has 7 heteroatoms. The summed E-state index contributed by atoms with van der Waals surface area (Å²) < 4.78 is 10.8. The fourth-order valence-corrected chi connectivity index (χ4v) is 3.75. The van der Waals surface area contributed by atoms with Crippen LogP contribution in [-0.2, 0) is 9.53 Å². The second kappa shape index (κ2) is 6.86. The number of amidine groups is 1. The largest absolute Gasteiger partial charge is 0.504 e. The number of hydrogen-bond donors (Lipinski definition) is 1. The number of para-hydroxylation sites is 1. The number of phenolic OH excluding ortho intramolecular Hbond substituents is 1. The summed E-state index contributed by atoms with van der Waals surface area (Å²) in [6, 6.07) is 5.16. The van der Waals surface area contributed by atoms with E-state index in [1.807, 2.05) is 13.8 Å². The lowest BCUT2D eigenvalue weighted by Gasteiger charge is -2.35.